The fourth-order valence-electron chi connectivity index (χ4n) is 9.98. The lowest BCUT2D eigenvalue weighted by molar-refractivity contribution is 0.365. The lowest BCUT2D eigenvalue weighted by Crippen LogP contribution is -2.01. The molecule has 0 aromatic heterocycles. The fraction of sp³-hybridized carbons (Fsp3) is 1.00. The van der Waals surface area contributed by atoms with Gasteiger partial charge in [-0.1, -0.05) is 362 Å². The Balaban J connectivity index is 3.95. The minimum atomic E-state index is 0.959. The molecular formula is C58H118. The van der Waals surface area contributed by atoms with Gasteiger partial charge in [0, 0.05) is 0 Å². The van der Waals surface area contributed by atoms with Gasteiger partial charge in [0.15, 0.2) is 0 Å². The van der Waals surface area contributed by atoms with E-state index in [0.717, 1.165) is 11.8 Å². The minimum Gasteiger partial charge on any atom is -0.0654 e. The Labute approximate surface area is 372 Å². The average molecular weight is 816 g/mol. The second-order valence-corrected chi connectivity index (χ2v) is 20.5. The molecule has 0 N–H and O–H groups in total. The van der Waals surface area contributed by atoms with E-state index in [9.17, 15) is 0 Å². The van der Waals surface area contributed by atoms with Gasteiger partial charge in [-0.25, -0.2) is 0 Å². The molecule has 0 aromatic carbocycles. The Bertz CT molecular complexity index is 680. The Morgan fingerprint density at radius 3 is 0.483 bits per heavy atom. The van der Waals surface area contributed by atoms with Crippen molar-refractivity contribution in [3.05, 3.63) is 0 Å². The summed E-state index contributed by atoms with van der Waals surface area (Å²) in [6.07, 6.45) is 77.2. The third-order valence-electron chi connectivity index (χ3n) is 14.3. The first-order valence-corrected chi connectivity index (χ1v) is 28.7. The summed E-state index contributed by atoms with van der Waals surface area (Å²) in [5, 5.41) is 0. The van der Waals surface area contributed by atoms with Gasteiger partial charge in [-0.3, -0.25) is 0 Å². The molecule has 0 heteroatoms. The lowest BCUT2D eigenvalue weighted by Gasteiger charge is -2.17. The Morgan fingerprint density at radius 2 is 0.310 bits per heavy atom. The summed E-state index contributed by atoms with van der Waals surface area (Å²) >= 11 is 0. The van der Waals surface area contributed by atoms with E-state index in [0.29, 0.717) is 0 Å². The van der Waals surface area contributed by atoms with Crippen LogP contribution in [0.4, 0.5) is 0 Å². The fourth-order valence-corrected chi connectivity index (χ4v) is 9.98. The van der Waals surface area contributed by atoms with Crippen LogP contribution in [0.25, 0.3) is 0 Å². The SMILES string of the molecule is CCCCCCCCCCCCCCCCCCCC(CCCCCCCCCCCCCC)CCCCCCCCCCC(C)CCCCCCCCCCCC. The van der Waals surface area contributed by atoms with Gasteiger partial charge in [-0.15, -0.1) is 0 Å². The first-order chi connectivity index (χ1) is 28.7. The molecule has 0 aromatic rings. The molecule has 0 aliphatic heterocycles. The van der Waals surface area contributed by atoms with Crippen molar-refractivity contribution < 1.29 is 0 Å². The molecule has 0 spiro atoms. The van der Waals surface area contributed by atoms with E-state index in [1.54, 1.807) is 0 Å². The molecule has 0 bridgehead atoms. The number of rotatable bonds is 53. The molecule has 0 radical (unpaired) electrons. The van der Waals surface area contributed by atoms with Crippen LogP contribution >= 0.6 is 0 Å². The van der Waals surface area contributed by atoms with Crippen LogP contribution in [0.3, 0.4) is 0 Å². The zero-order valence-corrected chi connectivity index (χ0v) is 41.9. The minimum absolute atomic E-state index is 0.959. The maximum atomic E-state index is 2.53. The van der Waals surface area contributed by atoms with Crippen molar-refractivity contribution in [3.8, 4) is 0 Å². The normalized spacial score (nSPS) is 12.8. The van der Waals surface area contributed by atoms with E-state index < -0.39 is 0 Å². The zero-order valence-electron chi connectivity index (χ0n) is 41.9. The van der Waals surface area contributed by atoms with E-state index in [1.165, 1.54) is 334 Å². The molecule has 0 fully saturated rings. The van der Waals surface area contributed by atoms with Crippen molar-refractivity contribution in [1.29, 1.82) is 0 Å². The van der Waals surface area contributed by atoms with Crippen molar-refractivity contribution in [2.75, 3.05) is 0 Å². The number of hydrogen-bond donors (Lipinski definition) is 0. The molecule has 0 saturated carbocycles. The second-order valence-electron chi connectivity index (χ2n) is 20.5. The molecule has 0 amide bonds. The predicted molar refractivity (Wildman–Crippen MR) is 270 cm³/mol. The van der Waals surface area contributed by atoms with Gasteiger partial charge >= 0.3 is 0 Å². The van der Waals surface area contributed by atoms with Crippen molar-refractivity contribution in [1.82, 2.24) is 0 Å². The van der Waals surface area contributed by atoms with Crippen LogP contribution in [-0.4, -0.2) is 0 Å². The van der Waals surface area contributed by atoms with Gasteiger partial charge in [-0.2, -0.15) is 0 Å². The zero-order chi connectivity index (χ0) is 41.9. The van der Waals surface area contributed by atoms with Crippen LogP contribution < -0.4 is 0 Å². The van der Waals surface area contributed by atoms with Gasteiger partial charge < -0.3 is 0 Å². The third-order valence-corrected chi connectivity index (χ3v) is 14.3. The van der Waals surface area contributed by atoms with Crippen LogP contribution in [0.1, 0.15) is 362 Å². The van der Waals surface area contributed by atoms with Crippen LogP contribution in [0.2, 0.25) is 0 Å². The molecule has 58 heavy (non-hydrogen) atoms. The molecular weight excluding hydrogens is 697 g/mol. The average Bonchev–Trinajstić information content (AvgIpc) is 3.23. The summed E-state index contributed by atoms with van der Waals surface area (Å²) in [7, 11) is 0. The standard InChI is InChI=1S/C58H118/c1-5-8-11-14-17-20-23-25-26-27-28-29-31-34-40-45-50-55-58(54-49-44-39-33-30-24-21-18-15-12-9-6-2)56-51-46-41-36-35-38-43-48-53-57(4)52-47-42-37-32-22-19-16-13-10-7-3/h57-58H,5-56H2,1-4H3. The van der Waals surface area contributed by atoms with Crippen molar-refractivity contribution >= 4 is 0 Å². The van der Waals surface area contributed by atoms with Gasteiger partial charge in [0.25, 0.3) is 0 Å². The summed E-state index contributed by atoms with van der Waals surface area (Å²) in [6, 6.07) is 0. The largest absolute Gasteiger partial charge is 0.0654 e. The molecule has 0 aliphatic carbocycles. The Kier molecular flexibility index (Phi) is 53.1. The van der Waals surface area contributed by atoms with E-state index in [-0.39, 0.29) is 0 Å². The van der Waals surface area contributed by atoms with Gasteiger partial charge in [0.1, 0.15) is 0 Å². The number of hydrogen-bond acceptors (Lipinski definition) is 0. The van der Waals surface area contributed by atoms with Crippen LogP contribution in [0, 0.1) is 11.8 Å². The van der Waals surface area contributed by atoms with Gasteiger partial charge in [0.05, 0.1) is 0 Å². The summed E-state index contributed by atoms with van der Waals surface area (Å²) in [4.78, 5) is 0. The van der Waals surface area contributed by atoms with E-state index in [2.05, 4.69) is 27.7 Å². The van der Waals surface area contributed by atoms with E-state index in [4.69, 9.17) is 0 Å². The van der Waals surface area contributed by atoms with Crippen molar-refractivity contribution in [2.45, 2.75) is 362 Å². The topological polar surface area (TPSA) is 0 Å². The van der Waals surface area contributed by atoms with Crippen LogP contribution in [0.15, 0.2) is 0 Å². The highest BCUT2D eigenvalue weighted by molar-refractivity contribution is 4.63. The molecule has 2 atom stereocenters. The van der Waals surface area contributed by atoms with Crippen LogP contribution in [-0.2, 0) is 0 Å². The quantitative estimate of drug-likeness (QED) is 0.0537. The molecule has 0 saturated heterocycles. The summed E-state index contributed by atoms with van der Waals surface area (Å²) in [5.41, 5.74) is 0. The molecule has 0 aliphatic rings. The van der Waals surface area contributed by atoms with Gasteiger partial charge in [0.2, 0.25) is 0 Å². The number of unbranched alkanes of at least 4 members (excludes halogenated alkanes) is 43. The van der Waals surface area contributed by atoms with Gasteiger partial charge in [-0.05, 0) is 11.8 Å². The maximum absolute atomic E-state index is 2.53. The highest BCUT2D eigenvalue weighted by atomic mass is 14.2. The first-order valence-electron chi connectivity index (χ1n) is 28.7. The summed E-state index contributed by atoms with van der Waals surface area (Å²) < 4.78 is 0. The third kappa shape index (κ3) is 50.4. The lowest BCUT2D eigenvalue weighted by atomic mass is 9.89. The second kappa shape index (κ2) is 53.1. The Hall–Kier alpha value is 0. The first kappa shape index (κ1) is 58.0. The monoisotopic (exact) mass is 815 g/mol. The van der Waals surface area contributed by atoms with Crippen LogP contribution in [0.5, 0.6) is 0 Å². The summed E-state index contributed by atoms with van der Waals surface area (Å²) in [6.45, 7) is 9.50. The van der Waals surface area contributed by atoms with E-state index >= 15 is 0 Å². The molecule has 2 unspecified atom stereocenters. The maximum Gasteiger partial charge on any atom is -0.0414 e. The highest BCUT2D eigenvalue weighted by Crippen LogP contribution is 2.26. The summed E-state index contributed by atoms with van der Waals surface area (Å²) in [5.74, 6) is 1.99. The molecule has 0 heterocycles. The molecule has 350 valence electrons. The van der Waals surface area contributed by atoms with E-state index in [1.807, 2.05) is 0 Å². The molecule has 0 rings (SSSR count). The highest BCUT2D eigenvalue weighted by Gasteiger charge is 2.09. The Morgan fingerprint density at radius 1 is 0.172 bits per heavy atom. The smallest absolute Gasteiger partial charge is 0.0414 e. The molecule has 0 nitrogen and oxygen atoms in total. The van der Waals surface area contributed by atoms with Crippen molar-refractivity contribution in [3.63, 3.8) is 0 Å². The predicted octanol–water partition coefficient (Wildman–Crippen LogP) is 22.6. The van der Waals surface area contributed by atoms with Crippen molar-refractivity contribution in [2.24, 2.45) is 11.8 Å².